The smallest absolute Gasteiger partial charge is 0.256 e. The molecule has 1 aromatic heterocycles. The summed E-state index contributed by atoms with van der Waals surface area (Å²) in [5.41, 5.74) is 2.10. The van der Waals surface area contributed by atoms with Gasteiger partial charge in [0.1, 0.15) is 0 Å². The minimum Gasteiger partial charge on any atom is -0.344 e. The zero-order chi connectivity index (χ0) is 18.8. The number of carbonyl (C=O) groups is 1. The molecule has 2 heterocycles. The molecule has 27 heavy (non-hydrogen) atoms. The van der Waals surface area contributed by atoms with Crippen molar-refractivity contribution in [2.75, 3.05) is 32.7 Å². The molecule has 146 valence electrons. The van der Waals surface area contributed by atoms with E-state index in [2.05, 4.69) is 53.8 Å². The van der Waals surface area contributed by atoms with Crippen LogP contribution in [0.2, 0.25) is 0 Å². The number of nitrogens with zero attached hydrogens (tertiary/aromatic N) is 3. The SMILES string of the molecule is CCN1CCN(C(=O)c2cn(C(C)C3CCCCC3)c3ccccc23)CC1. The van der Waals surface area contributed by atoms with Crippen molar-refractivity contribution in [2.24, 2.45) is 5.92 Å². The molecular formula is C23H33N3O. The molecule has 1 atom stereocenters. The molecule has 1 aromatic carbocycles. The van der Waals surface area contributed by atoms with E-state index < -0.39 is 0 Å². The van der Waals surface area contributed by atoms with Crippen LogP contribution in [0.5, 0.6) is 0 Å². The van der Waals surface area contributed by atoms with Crippen LogP contribution in [-0.2, 0) is 0 Å². The van der Waals surface area contributed by atoms with Gasteiger partial charge in [0.2, 0.25) is 0 Å². The van der Waals surface area contributed by atoms with Gasteiger partial charge in [0.05, 0.1) is 5.56 Å². The first-order valence-electron chi connectivity index (χ1n) is 10.8. The molecule has 4 rings (SSSR count). The van der Waals surface area contributed by atoms with E-state index in [1.807, 2.05) is 4.90 Å². The van der Waals surface area contributed by atoms with Crippen LogP contribution in [0, 0.1) is 5.92 Å². The van der Waals surface area contributed by atoms with Gasteiger partial charge in [-0.2, -0.15) is 0 Å². The highest BCUT2D eigenvalue weighted by atomic mass is 16.2. The number of hydrogen-bond acceptors (Lipinski definition) is 2. The zero-order valence-corrected chi connectivity index (χ0v) is 16.9. The normalized spacial score (nSPS) is 20.9. The summed E-state index contributed by atoms with van der Waals surface area (Å²) in [6.45, 7) is 9.25. The number of carbonyl (C=O) groups excluding carboxylic acids is 1. The van der Waals surface area contributed by atoms with Crippen LogP contribution in [0.25, 0.3) is 10.9 Å². The Kier molecular flexibility index (Phi) is 5.53. The third kappa shape index (κ3) is 3.64. The van der Waals surface area contributed by atoms with Crippen LogP contribution in [0.1, 0.15) is 62.4 Å². The molecule has 4 nitrogen and oxygen atoms in total. The highest BCUT2D eigenvalue weighted by molar-refractivity contribution is 6.07. The lowest BCUT2D eigenvalue weighted by Crippen LogP contribution is -2.48. The summed E-state index contributed by atoms with van der Waals surface area (Å²) < 4.78 is 2.39. The molecule has 2 fully saturated rings. The zero-order valence-electron chi connectivity index (χ0n) is 16.9. The molecule has 0 N–H and O–H groups in total. The van der Waals surface area contributed by atoms with Gasteiger partial charge in [-0.05, 0) is 38.3 Å². The highest BCUT2D eigenvalue weighted by Crippen LogP contribution is 2.36. The predicted molar refractivity (Wildman–Crippen MR) is 111 cm³/mol. The van der Waals surface area contributed by atoms with Gasteiger partial charge in [-0.1, -0.05) is 44.4 Å². The van der Waals surface area contributed by atoms with Gasteiger partial charge in [0, 0.05) is 49.3 Å². The fourth-order valence-electron chi connectivity index (χ4n) is 4.99. The molecule has 0 bridgehead atoms. The van der Waals surface area contributed by atoms with Crippen molar-refractivity contribution in [3.8, 4) is 0 Å². The summed E-state index contributed by atoms with van der Waals surface area (Å²) >= 11 is 0. The van der Waals surface area contributed by atoms with E-state index in [-0.39, 0.29) is 5.91 Å². The summed E-state index contributed by atoms with van der Waals surface area (Å²) in [5.74, 6) is 0.933. The number of aromatic nitrogens is 1. The number of hydrogen-bond donors (Lipinski definition) is 0. The molecule has 1 saturated heterocycles. The van der Waals surface area contributed by atoms with Gasteiger partial charge in [-0.15, -0.1) is 0 Å². The lowest BCUT2D eigenvalue weighted by atomic mass is 9.84. The van der Waals surface area contributed by atoms with E-state index in [9.17, 15) is 4.79 Å². The number of likely N-dealkylation sites (N-methyl/N-ethyl adjacent to an activating group) is 1. The molecule has 1 saturated carbocycles. The number of fused-ring (bicyclic) bond motifs is 1. The third-order valence-corrected chi connectivity index (χ3v) is 6.85. The molecule has 4 heteroatoms. The van der Waals surface area contributed by atoms with E-state index in [0.717, 1.165) is 49.6 Å². The van der Waals surface area contributed by atoms with Crippen LogP contribution in [0.15, 0.2) is 30.5 Å². The Hall–Kier alpha value is -1.81. The van der Waals surface area contributed by atoms with Crippen molar-refractivity contribution in [1.29, 1.82) is 0 Å². The first-order valence-corrected chi connectivity index (χ1v) is 10.8. The Balaban J connectivity index is 1.62. The highest BCUT2D eigenvalue weighted by Gasteiger charge is 2.27. The summed E-state index contributed by atoms with van der Waals surface area (Å²) in [6, 6.07) is 8.91. The van der Waals surface area contributed by atoms with Crippen molar-refractivity contribution in [1.82, 2.24) is 14.4 Å². The molecule has 2 aromatic rings. The first-order chi connectivity index (χ1) is 13.2. The number of para-hydroxylation sites is 1. The number of benzene rings is 1. The molecule has 2 aliphatic rings. The average molecular weight is 368 g/mol. The van der Waals surface area contributed by atoms with Gasteiger partial charge in [-0.3, -0.25) is 4.79 Å². The van der Waals surface area contributed by atoms with Crippen LogP contribution >= 0.6 is 0 Å². The molecule has 0 spiro atoms. The van der Waals surface area contributed by atoms with Crippen molar-refractivity contribution < 1.29 is 4.79 Å². The summed E-state index contributed by atoms with van der Waals surface area (Å²) in [4.78, 5) is 17.8. The van der Waals surface area contributed by atoms with Crippen molar-refractivity contribution in [3.63, 3.8) is 0 Å². The van der Waals surface area contributed by atoms with Crippen molar-refractivity contribution >= 4 is 16.8 Å². The van der Waals surface area contributed by atoms with Gasteiger partial charge >= 0.3 is 0 Å². The fraction of sp³-hybridized carbons (Fsp3) is 0.609. The Morgan fingerprint density at radius 3 is 2.48 bits per heavy atom. The van der Waals surface area contributed by atoms with Crippen LogP contribution in [-0.4, -0.2) is 53.0 Å². The topological polar surface area (TPSA) is 28.5 Å². The second-order valence-electron chi connectivity index (χ2n) is 8.33. The fourth-order valence-corrected chi connectivity index (χ4v) is 4.99. The average Bonchev–Trinajstić information content (AvgIpc) is 3.13. The number of amides is 1. The Morgan fingerprint density at radius 1 is 1.07 bits per heavy atom. The molecule has 1 aliphatic heterocycles. The van der Waals surface area contributed by atoms with E-state index in [1.165, 1.54) is 37.6 Å². The minimum atomic E-state index is 0.205. The largest absolute Gasteiger partial charge is 0.344 e. The van der Waals surface area contributed by atoms with Gasteiger partial charge in [0.15, 0.2) is 0 Å². The van der Waals surface area contributed by atoms with Crippen LogP contribution < -0.4 is 0 Å². The summed E-state index contributed by atoms with van der Waals surface area (Å²) in [7, 11) is 0. The van der Waals surface area contributed by atoms with Crippen LogP contribution in [0.3, 0.4) is 0 Å². The van der Waals surface area contributed by atoms with Gasteiger partial charge in [-0.25, -0.2) is 0 Å². The molecule has 1 aliphatic carbocycles. The standard InChI is InChI=1S/C23H33N3O/c1-3-24-13-15-25(16-14-24)23(27)21-17-26(22-12-8-7-11-20(21)22)18(2)19-9-5-4-6-10-19/h7-8,11-12,17-19H,3-6,9-10,13-16H2,1-2H3. The second-order valence-corrected chi connectivity index (χ2v) is 8.33. The molecular weight excluding hydrogens is 334 g/mol. The van der Waals surface area contributed by atoms with E-state index in [4.69, 9.17) is 0 Å². The summed E-state index contributed by atoms with van der Waals surface area (Å²) in [6.07, 6.45) is 8.86. The molecule has 1 amide bonds. The Bertz CT molecular complexity index is 782. The van der Waals surface area contributed by atoms with Crippen molar-refractivity contribution in [2.45, 2.75) is 52.0 Å². The number of piperazine rings is 1. The maximum atomic E-state index is 13.3. The van der Waals surface area contributed by atoms with Crippen molar-refractivity contribution in [3.05, 3.63) is 36.0 Å². The Morgan fingerprint density at radius 2 is 1.78 bits per heavy atom. The lowest BCUT2D eigenvalue weighted by molar-refractivity contribution is 0.0645. The maximum Gasteiger partial charge on any atom is 0.256 e. The third-order valence-electron chi connectivity index (χ3n) is 6.85. The van der Waals surface area contributed by atoms with Gasteiger partial charge in [0.25, 0.3) is 5.91 Å². The lowest BCUT2D eigenvalue weighted by Gasteiger charge is -2.34. The molecule has 1 unspecified atom stereocenters. The van der Waals surface area contributed by atoms with E-state index in [1.54, 1.807) is 0 Å². The first kappa shape index (κ1) is 18.5. The Labute approximate surface area is 163 Å². The minimum absolute atomic E-state index is 0.205. The maximum absolute atomic E-state index is 13.3. The van der Waals surface area contributed by atoms with Crippen LogP contribution in [0.4, 0.5) is 0 Å². The van der Waals surface area contributed by atoms with E-state index >= 15 is 0 Å². The number of rotatable bonds is 4. The predicted octanol–water partition coefficient (Wildman–Crippen LogP) is 4.56. The summed E-state index contributed by atoms with van der Waals surface area (Å²) in [5, 5.41) is 1.11. The van der Waals surface area contributed by atoms with Gasteiger partial charge < -0.3 is 14.4 Å². The molecule has 0 radical (unpaired) electrons. The van der Waals surface area contributed by atoms with E-state index in [0.29, 0.717) is 6.04 Å². The second kappa shape index (κ2) is 8.05. The monoisotopic (exact) mass is 367 g/mol. The quantitative estimate of drug-likeness (QED) is 0.792.